The van der Waals surface area contributed by atoms with Crippen LogP contribution in [0, 0.1) is 0 Å². The normalized spacial score (nSPS) is 11.9. The lowest BCUT2D eigenvalue weighted by molar-refractivity contribution is -0.121. The molecule has 0 aromatic heterocycles. The van der Waals surface area contributed by atoms with Crippen molar-refractivity contribution in [2.45, 2.75) is 24.3 Å². The largest absolute Gasteiger partial charge is 0.497 e. The summed E-state index contributed by atoms with van der Waals surface area (Å²) in [5.74, 6) is 1.65. The topological polar surface area (TPSA) is 64.3 Å². The van der Waals surface area contributed by atoms with Crippen LogP contribution in [-0.4, -0.2) is 31.4 Å². The molecule has 1 amide bonds. The van der Waals surface area contributed by atoms with Crippen LogP contribution >= 0.6 is 11.8 Å². The summed E-state index contributed by atoms with van der Waals surface area (Å²) in [5.41, 5.74) is 5.44. The predicted octanol–water partition coefficient (Wildman–Crippen LogP) is 1.64. The van der Waals surface area contributed by atoms with E-state index in [1.807, 2.05) is 31.2 Å². The molecular weight excluding hydrogens is 248 g/mol. The van der Waals surface area contributed by atoms with Crippen molar-refractivity contribution in [1.29, 1.82) is 0 Å². The Morgan fingerprint density at radius 3 is 2.67 bits per heavy atom. The van der Waals surface area contributed by atoms with Crippen LogP contribution in [0.2, 0.25) is 0 Å². The highest BCUT2D eigenvalue weighted by atomic mass is 32.2. The highest BCUT2D eigenvalue weighted by molar-refractivity contribution is 7.99. The number of hydrogen-bond acceptors (Lipinski definition) is 4. The first-order valence-corrected chi connectivity index (χ1v) is 6.90. The van der Waals surface area contributed by atoms with Crippen LogP contribution in [0.3, 0.4) is 0 Å². The first-order chi connectivity index (χ1) is 8.65. The van der Waals surface area contributed by atoms with Gasteiger partial charge in [0.2, 0.25) is 5.91 Å². The molecule has 0 fully saturated rings. The number of benzene rings is 1. The van der Waals surface area contributed by atoms with Crippen molar-refractivity contribution >= 4 is 17.7 Å². The Morgan fingerprint density at radius 2 is 2.11 bits per heavy atom. The number of thioether (sulfide) groups is 1. The second kappa shape index (κ2) is 8.00. The maximum Gasteiger partial charge on any atom is 0.221 e. The number of carbonyl (C=O) groups is 1. The van der Waals surface area contributed by atoms with E-state index in [4.69, 9.17) is 10.5 Å². The summed E-state index contributed by atoms with van der Waals surface area (Å²) in [4.78, 5) is 12.6. The van der Waals surface area contributed by atoms with Gasteiger partial charge in [-0.05, 0) is 31.2 Å². The second-order valence-corrected chi connectivity index (χ2v) is 5.15. The molecular formula is C13H20N2O2S. The van der Waals surface area contributed by atoms with Gasteiger partial charge in [-0.25, -0.2) is 0 Å². The van der Waals surface area contributed by atoms with Crippen LogP contribution in [-0.2, 0) is 4.79 Å². The first kappa shape index (κ1) is 14.9. The number of nitrogens with one attached hydrogen (secondary N) is 1. The molecule has 0 unspecified atom stereocenters. The van der Waals surface area contributed by atoms with E-state index in [-0.39, 0.29) is 11.9 Å². The quantitative estimate of drug-likeness (QED) is 0.738. The van der Waals surface area contributed by atoms with Gasteiger partial charge in [0, 0.05) is 29.7 Å². The molecule has 1 aromatic carbocycles. The SMILES string of the molecule is COc1ccc(SCCC(=O)N[C@@H](C)CN)cc1. The van der Waals surface area contributed by atoms with Gasteiger partial charge in [-0.15, -0.1) is 11.8 Å². The zero-order chi connectivity index (χ0) is 13.4. The van der Waals surface area contributed by atoms with Crippen LogP contribution in [0.4, 0.5) is 0 Å². The van der Waals surface area contributed by atoms with Crippen LogP contribution in [0.5, 0.6) is 5.75 Å². The Labute approximate surface area is 112 Å². The summed E-state index contributed by atoms with van der Waals surface area (Å²) >= 11 is 1.65. The van der Waals surface area contributed by atoms with Gasteiger partial charge in [-0.2, -0.15) is 0 Å². The summed E-state index contributed by atoms with van der Waals surface area (Å²) in [7, 11) is 1.64. The van der Waals surface area contributed by atoms with Crippen molar-refractivity contribution in [3.05, 3.63) is 24.3 Å². The standard InChI is InChI=1S/C13H20N2O2S/c1-10(9-14)15-13(16)7-8-18-12-5-3-11(17-2)4-6-12/h3-6,10H,7-9,14H2,1-2H3,(H,15,16)/t10-/m0/s1. The maximum absolute atomic E-state index is 11.5. The van der Waals surface area contributed by atoms with Gasteiger partial charge in [0.1, 0.15) is 5.75 Å². The number of methoxy groups -OCH3 is 1. The summed E-state index contributed by atoms with van der Waals surface area (Å²) in [6.07, 6.45) is 0.501. The van der Waals surface area contributed by atoms with E-state index < -0.39 is 0 Å². The first-order valence-electron chi connectivity index (χ1n) is 5.92. The fraction of sp³-hybridized carbons (Fsp3) is 0.462. The molecule has 18 heavy (non-hydrogen) atoms. The number of rotatable bonds is 7. The monoisotopic (exact) mass is 268 g/mol. The summed E-state index contributed by atoms with van der Waals surface area (Å²) in [6, 6.07) is 7.86. The highest BCUT2D eigenvalue weighted by Crippen LogP contribution is 2.21. The molecule has 0 aliphatic rings. The van der Waals surface area contributed by atoms with Gasteiger partial charge in [-0.1, -0.05) is 0 Å². The van der Waals surface area contributed by atoms with Gasteiger partial charge in [0.05, 0.1) is 7.11 Å². The molecule has 0 heterocycles. The minimum absolute atomic E-state index is 0.0449. The zero-order valence-corrected chi connectivity index (χ0v) is 11.6. The van der Waals surface area contributed by atoms with Gasteiger partial charge >= 0.3 is 0 Å². The van der Waals surface area contributed by atoms with Gasteiger partial charge in [0.25, 0.3) is 0 Å². The fourth-order valence-corrected chi connectivity index (χ4v) is 2.19. The Hall–Kier alpha value is -1.20. The van der Waals surface area contributed by atoms with E-state index in [0.29, 0.717) is 13.0 Å². The number of carbonyl (C=O) groups excluding carboxylic acids is 1. The third-order valence-corrected chi connectivity index (χ3v) is 3.43. The van der Waals surface area contributed by atoms with E-state index in [1.54, 1.807) is 18.9 Å². The van der Waals surface area contributed by atoms with Gasteiger partial charge in [0.15, 0.2) is 0 Å². The summed E-state index contributed by atoms with van der Waals surface area (Å²) < 4.78 is 5.08. The second-order valence-electron chi connectivity index (χ2n) is 3.98. The van der Waals surface area contributed by atoms with Crippen molar-refractivity contribution < 1.29 is 9.53 Å². The Kier molecular flexibility index (Phi) is 6.60. The van der Waals surface area contributed by atoms with Gasteiger partial charge < -0.3 is 15.8 Å². The zero-order valence-electron chi connectivity index (χ0n) is 10.8. The number of ether oxygens (including phenoxy) is 1. The molecule has 0 aliphatic carbocycles. The lowest BCUT2D eigenvalue weighted by Crippen LogP contribution is -2.37. The highest BCUT2D eigenvalue weighted by Gasteiger charge is 2.05. The van der Waals surface area contributed by atoms with Crippen molar-refractivity contribution in [1.82, 2.24) is 5.32 Å². The third-order valence-electron chi connectivity index (χ3n) is 2.42. The molecule has 4 nitrogen and oxygen atoms in total. The molecule has 1 rings (SSSR count). The third kappa shape index (κ3) is 5.42. The number of hydrogen-bond donors (Lipinski definition) is 2. The maximum atomic E-state index is 11.5. The molecule has 0 radical (unpaired) electrons. The van der Waals surface area contributed by atoms with Crippen molar-refractivity contribution in [3.8, 4) is 5.75 Å². The molecule has 1 atom stereocenters. The number of nitrogens with two attached hydrogens (primary N) is 1. The van der Waals surface area contributed by atoms with Crippen molar-refractivity contribution in [3.63, 3.8) is 0 Å². The summed E-state index contributed by atoms with van der Waals surface area (Å²) in [6.45, 7) is 2.37. The minimum atomic E-state index is 0.0449. The summed E-state index contributed by atoms with van der Waals surface area (Å²) in [5, 5.41) is 2.84. The van der Waals surface area contributed by atoms with E-state index in [9.17, 15) is 4.79 Å². The average molecular weight is 268 g/mol. The lowest BCUT2D eigenvalue weighted by atomic mass is 10.3. The van der Waals surface area contributed by atoms with Crippen LogP contribution < -0.4 is 15.8 Å². The van der Waals surface area contributed by atoms with Gasteiger partial charge in [-0.3, -0.25) is 4.79 Å². The smallest absolute Gasteiger partial charge is 0.221 e. The van der Waals surface area contributed by atoms with Crippen LogP contribution in [0.25, 0.3) is 0 Å². The molecule has 0 aliphatic heterocycles. The van der Waals surface area contributed by atoms with Crippen molar-refractivity contribution in [2.24, 2.45) is 5.73 Å². The van der Waals surface area contributed by atoms with E-state index >= 15 is 0 Å². The van der Waals surface area contributed by atoms with Crippen molar-refractivity contribution in [2.75, 3.05) is 19.4 Å². The van der Waals surface area contributed by atoms with Crippen LogP contribution in [0.1, 0.15) is 13.3 Å². The molecule has 1 aromatic rings. The van der Waals surface area contributed by atoms with Crippen LogP contribution in [0.15, 0.2) is 29.2 Å². The Morgan fingerprint density at radius 1 is 1.44 bits per heavy atom. The molecule has 0 spiro atoms. The fourth-order valence-electron chi connectivity index (χ4n) is 1.34. The molecule has 0 saturated heterocycles. The van der Waals surface area contributed by atoms with E-state index in [0.717, 1.165) is 16.4 Å². The van der Waals surface area contributed by atoms with E-state index in [1.165, 1.54) is 0 Å². The molecule has 5 heteroatoms. The minimum Gasteiger partial charge on any atom is -0.497 e. The average Bonchev–Trinajstić information content (AvgIpc) is 2.39. The molecule has 3 N–H and O–H groups in total. The molecule has 0 saturated carbocycles. The Balaban J connectivity index is 2.26. The Bertz CT molecular complexity index is 368. The lowest BCUT2D eigenvalue weighted by Gasteiger charge is -2.10. The predicted molar refractivity (Wildman–Crippen MR) is 75.0 cm³/mol. The molecule has 0 bridgehead atoms. The molecule has 100 valence electrons. The van der Waals surface area contributed by atoms with E-state index in [2.05, 4.69) is 5.32 Å². The number of amides is 1.